The van der Waals surface area contributed by atoms with E-state index in [0.717, 1.165) is 4.68 Å². The summed E-state index contributed by atoms with van der Waals surface area (Å²) in [7, 11) is 0. The van der Waals surface area contributed by atoms with Crippen molar-refractivity contribution in [1.29, 1.82) is 0 Å². The lowest BCUT2D eigenvalue weighted by atomic mass is 10.0. The van der Waals surface area contributed by atoms with E-state index in [9.17, 15) is 14.3 Å². The Kier molecular flexibility index (Phi) is 6.20. The van der Waals surface area contributed by atoms with Crippen LogP contribution in [0.2, 0.25) is 5.02 Å². The van der Waals surface area contributed by atoms with Crippen LogP contribution in [-0.2, 0) is 4.74 Å². The average Bonchev–Trinajstić information content (AvgIpc) is 3.01. The number of carbonyl (C=O) groups is 1. The molecule has 0 saturated carbocycles. The Morgan fingerprint density at radius 2 is 2.15 bits per heavy atom. The second kappa shape index (κ2) is 8.01. The van der Waals surface area contributed by atoms with Crippen molar-refractivity contribution in [3.8, 4) is 11.4 Å². The van der Waals surface area contributed by atoms with Gasteiger partial charge >= 0.3 is 6.09 Å². The summed E-state index contributed by atoms with van der Waals surface area (Å²) < 4.78 is 20.0. The Hall–Kier alpha value is -2.19. The molecule has 0 aliphatic heterocycles. The van der Waals surface area contributed by atoms with Gasteiger partial charge in [0.25, 0.3) is 0 Å². The first kappa shape index (κ1) is 20.1. The van der Waals surface area contributed by atoms with E-state index in [-0.39, 0.29) is 12.4 Å². The number of amides is 1. The fourth-order valence-electron chi connectivity index (χ4n) is 2.32. The highest BCUT2D eigenvalue weighted by Gasteiger charge is 2.22. The molecular weight excluding hydrogens is 363 g/mol. The molecule has 1 heterocycles. The summed E-state index contributed by atoms with van der Waals surface area (Å²) in [4.78, 5) is 16.0. The Balaban J connectivity index is 2.32. The fraction of sp³-hybridized carbons (Fsp3) is 0.471. The van der Waals surface area contributed by atoms with Gasteiger partial charge in [0.15, 0.2) is 12.1 Å². The molecule has 0 bridgehead atoms. The topological polar surface area (TPSA) is 89.3 Å². The highest BCUT2D eigenvalue weighted by atomic mass is 35.5. The van der Waals surface area contributed by atoms with Gasteiger partial charge < -0.3 is 15.2 Å². The van der Waals surface area contributed by atoms with E-state index < -0.39 is 24.0 Å². The first-order valence-electron chi connectivity index (χ1n) is 8.06. The maximum Gasteiger partial charge on any atom is 0.408 e. The number of hydrogen-bond donors (Lipinski definition) is 2. The second-order valence-electron chi connectivity index (χ2n) is 6.72. The van der Waals surface area contributed by atoms with Gasteiger partial charge in [0, 0.05) is 5.56 Å². The van der Waals surface area contributed by atoms with E-state index >= 15 is 0 Å². The van der Waals surface area contributed by atoms with Crippen LogP contribution in [-0.4, -0.2) is 38.2 Å². The van der Waals surface area contributed by atoms with Crippen LogP contribution in [0.25, 0.3) is 11.4 Å². The Morgan fingerprint density at radius 3 is 2.73 bits per heavy atom. The molecule has 1 amide bonds. The van der Waals surface area contributed by atoms with Gasteiger partial charge in [-0.15, -0.1) is 0 Å². The first-order chi connectivity index (χ1) is 12.1. The van der Waals surface area contributed by atoms with Crippen molar-refractivity contribution in [1.82, 2.24) is 20.1 Å². The number of alkyl halides is 1. The van der Waals surface area contributed by atoms with Gasteiger partial charge in [0.1, 0.15) is 11.9 Å². The zero-order chi connectivity index (χ0) is 19.5. The fourth-order valence-corrected chi connectivity index (χ4v) is 2.52. The van der Waals surface area contributed by atoms with Crippen molar-refractivity contribution in [2.24, 2.45) is 0 Å². The zero-order valence-corrected chi connectivity index (χ0v) is 15.8. The summed E-state index contributed by atoms with van der Waals surface area (Å²) in [5.41, 5.74) is 0.345. The molecule has 0 spiro atoms. The van der Waals surface area contributed by atoms with Gasteiger partial charge in [0.05, 0.1) is 17.7 Å². The van der Waals surface area contributed by atoms with Gasteiger partial charge in [-0.25, -0.2) is 18.9 Å². The second-order valence-corrected chi connectivity index (χ2v) is 7.13. The molecule has 26 heavy (non-hydrogen) atoms. The minimum Gasteiger partial charge on any atom is -0.444 e. The minimum absolute atomic E-state index is 0.251. The lowest BCUT2D eigenvalue weighted by molar-refractivity contribution is 0.0482. The maximum atomic E-state index is 13.7. The first-order valence-corrected chi connectivity index (χ1v) is 8.44. The van der Waals surface area contributed by atoms with E-state index in [2.05, 4.69) is 15.4 Å². The molecule has 2 atom stereocenters. The predicted octanol–water partition coefficient (Wildman–Crippen LogP) is 3.64. The van der Waals surface area contributed by atoms with Crippen molar-refractivity contribution >= 4 is 17.7 Å². The number of aliphatic hydroxyl groups is 1. The van der Waals surface area contributed by atoms with Crippen LogP contribution >= 0.6 is 11.6 Å². The van der Waals surface area contributed by atoms with Crippen LogP contribution in [0.3, 0.4) is 0 Å². The van der Waals surface area contributed by atoms with Crippen LogP contribution < -0.4 is 5.32 Å². The molecule has 2 rings (SSSR count). The zero-order valence-electron chi connectivity index (χ0n) is 15.0. The molecule has 0 radical (unpaired) electrons. The van der Waals surface area contributed by atoms with Crippen molar-refractivity contribution in [2.45, 2.75) is 45.6 Å². The maximum absolute atomic E-state index is 13.7. The smallest absolute Gasteiger partial charge is 0.408 e. The molecule has 0 saturated heterocycles. The number of aliphatic hydroxyl groups excluding tert-OH is 1. The normalized spacial score (nSPS) is 14.0. The van der Waals surface area contributed by atoms with Crippen LogP contribution in [0.1, 0.15) is 45.6 Å². The Morgan fingerprint density at radius 1 is 1.46 bits per heavy atom. The third-order valence-electron chi connectivity index (χ3n) is 3.42. The molecule has 1 aromatic carbocycles. The van der Waals surface area contributed by atoms with Gasteiger partial charge in [-0.1, -0.05) is 17.7 Å². The number of ether oxygens (including phenoxy) is 1. The van der Waals surface area contributed by atoms with Crippen LogP contribution in [0.4, 0.5) is 9.18 Å². The largest absolute Gasteiger partial charge is 0.444 e. The number of benzene rings is 1. The lowest BCUT2D eigenvalue weighted by Crippen LogP contribution is -2.36. The van der Waals surface area contributed by atoms with Crippen LogP contribution in [0, 0.1) is 0 Å². The molecule has 0 aliphatic rings. The van der Waals surface area contributed by atoms with E-state index in [1.807, 2.05) is 0 Å². The molecular formula is C17H22ClFN4O3. The summed E-state index contributed by atoms with van der Waals surface area (Å²) in [6.07, 6.45) is -0.814. The van der Waals surface area contributed by atoms with Gasteiger partial charge in [-0.3, -0.25) is 0 Å². The number of nitrogens with zero attached hydrogens (tertiary/aromatic N) is 3. The van der Waals surface area contributed by atoms with E-state index in [4.69, 9.17) is 16.3 Å². The molecule has 0 aliphatic carbocycles. The third kappa shape index (κ3) is 4.92. The number of hydrogen-bond acceptors (Lipinski definition) is 5. The van der Waals surface area contributed by atoms with E-state index in [0.29, 0.717) is 16.1 Å². The van der Waals surface area contributed by atoms with Gasteiger partial charge in [-0.2, -0.15) is 5.10 Å². The summed E-state index contributed by atoms with van der Waals surface area (Å²) in [5.74, 6) is 0.251. The van der Waals surface area contributed by atoms with Gasteiger partial charge in [0.2, 0.25) is 0 Å². The third-order valence-corrected chi connectivity index (χ3v) is 3.75. The molecule has 142 valence electrons. The summed E-state index contributed by atoms with van der Waals surface area (Å²) >= 11 is 6.23. The SMILES string of the molecule is CC(F)n1ncnc1-c1cc([C@@H](CO)NC(=O)OC(C)(C)C)ccc1Cl. The summed E-state index contributed by atoms with van der Waals surface area (Å²) in [6.45, 7) is 6.20. The average molecular weight is 385 g/mol. The number of rotatable bonds is 5. The summed E-state index contributed by atoms with van der Waals surface area (Å²) in [6, 6.07) is 4.15. The predicted molar refractivity (Wildman–Crippen MR) is 95.5 cm³/mol. The highest BCUT2D eigenvalue weighted by Crippen LogP contribution is 2.30. The quantitative estimate of drug-likeness (QED) is 0.821. The van der Waals surface area contributed by atoms with Gasteiger partial charge in [-0.05, 0) is 45.4 Å². The van der Waals surface area contributed by atoms with Crippen molar-refractivity contribution in [3.63, 3.8) is 0 Å². The number of halogens is 2. The monoisotopic (exact) mass is 384 g/mol. The molecule has 2 N–H and O–H groups in total. The standard InChI is InChI=1S/C17H22ClFN4O3/c1-10(19)23-15(20-9-21-23)12-7-11(5-6-13(12)18)14(8-24)22-16(25)26-17(2,3)4/h5-7,9-10,14,24H,8H2,1-4H3,(H,22,25)/t10?,14-/m1/s1. The number of nitrogens with one attached hydrogen (secondary N) is 1. The highest BCUT2D eigenvalue weighted by molar-refractivity contribution is 6.33. The molecule has 1 unspecified atom stereocenters. The van der Waals surface area contributed by atoms with Crippen LogP contribution in [0.15, 0.2) is 24.5 Å². The minimum atomic E-state index is -1.39. The summed E-state index contributed by atoms with van der Waals surface area (Å²) in [5, 5.41) is 16.5. The van der Waals surface area contributed by atoms with Crippen molar-refractivity contribution < 1.29 is 19.0 Å². The number of alkyl carbamates (subject to hydrolysis) is 1. The number of aromatic nitrogens is 3. The molecule has 0 fully saturated rings. The van der Waals surface area contributed by atoms with Crippen LogP contribution in [0.5, 0.6) is 0 Å². The Labute approximate surface area is 156 Å². The molecule has 1 aromatic heterocycles. The van der Waals surface area contributed by atoms with E-state index in [1.54, 1.807) is 39.0 Å². The molecule has 9 heteroatoms. The molecule has 2 aromatic rings. The number of carbonyl (C=O) groups excluding carboxylic acids is 1. The van der Waals surface area contributed by atoms with Crippen molar-refractivity contribution in [2.75, 3.05) is 6.61 Å². The van der Waals surface area contributed by atoms with E-state index in [1.165, 1.54) is 13.3 Å². The Bertz CT molecular complexity index is 774. The molecule has 7 nitrogen and oxygen atoms in total. The lowest BCUT2D eigenvalue weighted by Gasteiger charge is -2.23. The van der Waals surface area contributed by atoms with Crippen molar-refractivity contribution in [3.05, 3.63) is 35.1 Å².